The third-order valence-electron chi connectivity index (χ3n) is 4.05. The molecule has 2 heterocycles. The summed E-state index contributed by atoms with van der Waals surface area (Å²) in [4.78, 5) is 24.8. The van der Waals surface area contributed by atoms with Gasteiger partial charge in [-0.25, -0.2) is 9.18 Å². The number of carboxylic acids is 1. The van der Waals surface area contributed by atoms with Crippen LogP contribution in [0.1, 0.15) is 16.8 Å². The first-order valence-electron chi connectivity index (χ1n) is 7.34. The van der Waals surface area contributed by atoms with Crippen LogP contribution < -0.4 is 10.1 Å². The fraction of sp³-hybridized carbons (Fsp3) is 0.467. The van der Waals surface area contributed by atoms with Crippen molar-refractivity contribution in [3.63, 3.8) is 0 Å². The average Bonchev–Trinajstić information content (AvgIpc) is 2.88. The largest absolute Gasteiger partial charge is 0.507 e. The molecule has 0 unspecified atom stereocenters. The highest BCUT2D eigenvalue weighted by molar-refractivity contribution is 5.94. The molecule has 2 aliphatic rings. The van der Waals surface area contributed by atoms with E-state index in [4.69, 9.17) is 9.84 Å². The molecule has 124 valence electrons. The number of benzene rings is 1. The molecule has 23 heavy (non-hydrogen) atoms. The van der Waals surface area contributed by atoms with E-state index in [1.807, 2.05) is 0 Å². The maximum atomic E-state index is 13.1. The zero-order valence-electron chi connectivity index (χ0n) is 12.2. The number of hydrogen-bond acceptors (Lipinski definition) is 5. The van der Waals surface area contributed by atoms with Crippen molar-refractivity contribution < 1.29 is 28.9 Å². The summed E-state index contributed by atoms with van der Waals surface area (Å²) in [6.45, 7) is 0.806. The molecule has 3 rings (SSSR count). The van der Waals surface area contributed by atoms with Gasteiger partial charge in [-0.15, -0.1) is 0 Å². The van der Waals surface area contributed by atoms with Crippen molar-refractivity contribution in [2.24, 2.45) is 0 Å². The van der Waals surface area contributed by atoms with E-state index in [-0.39, 0.29) is 42.0 Å². The van der Waals surface area contributed by atoms with Crippen molar-refractivity contribution in [1.29, 1.82) is 0 Å². The molecule has 0 spiro atoms. The van der Waals surface area contributed by atoms with Gasteiger partial charge in [0.2, 0.25) is 5.91 Å². The van der Waals surface area contributed by atoms with Gasteiger partial charge in [0.25, 0.3) is 0 Å². The third kappa shape index (κ3) is 3.07. The second kappa shape index (κ2) is 6.04. The zero-order valence-corrected chi connectivity index (χ0v) is 12.2. The van der Waals surface area contributed by atoms with Crippen molar-refractivity contribution in [3.8, 4) is 11.5 Å². The summed E-state index contributed by atoms with van der Waals surface area (Å²) >= 11 is 0. The van der Waals surface area contributed by atoms with Gasteiger partial charge in [0.1, 0.15) is 29.3 Å². The number of aromatic carboxylic acids is 1. The molecule has 2 saturated heterocycles. The lowest BCUT2D eigenvalue weighted by atomic mass is 10.1. The number of carbonyl (C=O) groups excluding carboxylic acids is 1. The van der Waals surface area contributed by atoms with Gasteiger partial charge in [-0.1, -0.05) is 6.07 Å². The number of rotatable bonds is 4. The van der Waals surface area contributed by atoms with Gasteiger partial charge in [0.15, 0.2) is 0 Å². The number of alkyl halides is 1. The lowest BCUT2D eigenvalue weighted by Crippen LogP contribution is -2.59. The van der Waals surface area contributed by atoms with E-state index in [9.17, 15) is 19.1 Å². The highest BCUT2D eigenvalue weighted by Gasteiger charge is 2.39. The Bertz CT molecular complexity index is 632. The van der Waals surface area contributed by atoms with Gasteiger partial charge in [0.05, 0.1) is 19.1 Å². The molecule has 2 atom stereocenters. The van der Waals surface area contributed by atoms with Crippen LogP contribution in [0, 0.1) is 0 Å². The molecule has 0 bridgehead atoms. The minimum absolute atomic E-state index is 0.0670. The van der Waals surface area contributed by atoms with Gasteiger partial charge in [-0.3, -0.25) is 4.79 Å². The maximum Gasteiger partial charge on any atom is 0.343 e. The second-order valence-electron chi connectivity index (χ2n) is 5.73. The first-order chi connectivity index (χ1) is 11.0. The topological polar surface area (TPSA) is 99.1 Å². The van der Waals surface area contributed by atoms with Crippen LogP contribution in [0.2, 0.25) is 0 Å². The van der Waals surface area contributed by atoms with Gasteiger partial charge in [-0.2, -0.15) is 0 Å². The minimum Gasteiger partial charge on any atom is -0.507 e. The minimum atomic E-state index is -1.28. The number of likely N-dealkylation sites (tertiary alicyclic amines) is 1. The van der Waals surface area contributed by atoms with Crippen LogP contribution in [0.3, 0.4) is 0 Å². The van der Waals surface area contributed by atoms with Crippen molar-refractivity contribution in [2.75, 3.05) is 19.6 Å². The Kier molecular flexibility index (Phi) is 4.08. The first kappa shape index (κ1) is 15.5. The Balaban J connectivity index is 1.58. The summed E-state index contributed by atoms with van der Waals surface area (Å²) < 4.78 is 18.7. The smallest absolute Gasteiger partial charge is 0.343 e. The van der Waals surface area contributed by atoms with Gasteiger partial charge in [0, 0.05) is 13.0 Å². The maximum absolute atomic E-state index is 13.1. The van der Waals surface area contributed by atoms with E-state index in [0.29, 0.717) is 13.1 Å². The molecule has 0 aromatic heterocycles. The standard InChI is InChI=1S/C15H17FN2O5/c16-8-4-10(17-5-8)14(20)18-6-9(7-18)23-12-3-1-2-11(19)13(12)15(21)22/h1-3,8-10,17,19H,4-7H2,(H,21,22)/t8-,10-/m0/s1. The number of hydrogen-bond donors (Lipinski definition) is 3. The Labute approximate surface area is 131 Å². The predicted octanol–water partition coefficient (Wildman–Crippen LogP) is 0.380. The van der Waals surface area contributed by atoms with Gasteiger partial charge < -0.3 is 25.2 Å². The Morgan fingerprint density at radius 3 is 2.70 bits per heavy atom. The SMILES string of the molecule is O=C(O)c1c(O)cccc1OC1CN(C(=O)[C@@H]2C[C@H](F)CN2)C1. The monoisotopic (exact) mass is 324 g/mol. The Morgan fingerprint density at radius 2 is 2.09 bits per heavy atom. The molecule has 3 N–H and O–H groups in total. The number of amides is 1. The summed E-state index contributed by atoms with van der Waals surface area (Å²) in [5, 5.41) is 21.5. The number of aromatic hydroxyl groups is 1. The summed E-state index contributed by atoms with van der Waals surface area (Å²) in [5.41, 5.74) is -0.296. The van der Waals surface area contributed by atoms with E-state index >= 15 is 0 Å². The number of halogens is 1. The first-order valence-corrected chi connectivity index (χ1v) is 7.34. The summed E-state index contributed by atoms with van der Waals surface area (Å²) in [6, 6.07) is 3.72. The van der Waals surface area contributed by atoms with E-state index in [0.717, 1.165) is 0 Å². The number of ether oxygens (including phenoxy) is 1. The zero-order chi connectivity index (χ0) is 16.6. The normalized spacial score (nSPS) is 24.3. The van der Waals surface area contributed by atoms with Gasteiger partial charge in [-0.05, 0) is 12.1 Å². The molecule has 1 amide bonds. The second-order valence-corrected chi connectivity index (χ2v) is 5.73. The highest BCUT2D eigenvalue weighted by Crippen LogP contribution is 2.29. The fourth-order valence-electron chi connectivity index (χ4n) is 2.81. The molecular formula is C15H17FN2O5. The van der Waals surface area contributed by atoms with E-state index in [2.05, 4.69) is 5.32 Å². The van der Waals surface area contributed by atoms with Crippen LogP contribution >= 0.6 is 0 Å². The summed E-state index contributed by atoms with van der Waals surface area (Å²) in [6.07, 6.45) is -1.17. The number of nitrogens with one attached hydrogen (secondary N) is 1. The predicted molar refractivity (Wildman–Crippen MR) is 77.4 cm³/mol. The van der Waals surface area contributed by atoms with Gasteiger partial charge >= 0.3 is 5.97 Å². The molecule has 7 nitrogen and oxygen atoms in total. The molecule has 2 aliphatic heterocycles. The van der Waals surface area contributed by atoms with E-state index in [1.54, 1.807) is 4.90 Å². The summed E-state index contributed by atoms with van der Waals surface area (Å²) in [5.74, 6) is -1.75. The lowest BCUT2D eigenvalue weighted by Gasteiger charge is -2.40. The molecule has 8 heteroatoms. The van der Waals surface area contributed by atoms with E-state index in [1.165, 1.54) is 18.2 Å². The molecule has 0 radical (unpaired) electrons. The van der Waals surface area contributed by atoms with E-state index < -0.39 is 18.2 Å². The van der Waals surface area contributed by atoms with Crippen LogP contribution in [0.25, 0.3) is 0 Å². The molecule has 1 aromatic rings. The van der Waals surface area contributed by atoms with Crippen LogP contribution in [-0.4, -0.2) is 64.9 Å². The molecule has 1 aromatic carbocycles. The number of carbonyl (C=O) groups is 2. The molecular weight excluding hydrogens is 307 g/mol. The van der Waals surface area contributed by atoms with Crippen LogP contribution in [0.5, 0.6) is 11.5 Å². The summed E-state index contributed by atoms with van der Waals surface area (Å²) in [7, 11) is 0. The quantitative estimate of drug-likeness (QED) is 0.740. The van der Waals surface area contributed by atoms with Crippen molar-refractivity contribution in [2.45, 2.75) is 24.7 Å². The Morgan fingerprint density at radius 1 is 1.35 bits per heavy atom. The Hall–Kier alpha value is -2.35. The van der Waals surface area contributed by atoms with Crippen molar-refractivity contribution in [1.82, 2.24) is 10.2 Å². The van der Waals surface area contributed by atoms with Crippen LogP contribution in [0.15, 0.2) is 18.2 Å². The molecule has 0 saturated carbocycles. The average molecular weight is 324 g/mol. The number of phenols is 1. The lowest BCUT2D eigenvalue weighted by molar-refractivity contribution is -0.142. The molecule has 2 fully saturated rings. The highest BCUT2D eigenvalue weighted by atomic mass is 19.1. The van der Waals surface area contributed by atoms with Crippen molar-refractivity contribution >= 4 is 11.9 Å². The number of nitrogens with zero attached hydrogens (tertiary/aromatic N) is 1. The fourth-order valence-corrected chi connectivity index (χ4v) is 2.81. The van der Waals surface area contributed by atoms with Crippen LogP contribution in [-0.2, 0) is 4.79 Å². The third-order valence-corrected chi connectivity index (χ3v) is 4.05. The number of carboxylic acid groups (broad SMARTS) is 1. The van der Waals surface area contributed by atoms with Crippen LogP contribution in [0.4, 0.5) is 4.39 Å². The van der Waals surface area contributed by atoms with Crippen molar-refractivity contribution in [3.05, 3.63) is 23.8 Å². The molecule has 0 aliphatic carbocycles.